The van der Waals surface area contributed by atoms with Crippen molar-refractivity contribution in [3.05, 3.63) is 0 Å². The maximum atomic E-state index is 13.2. The third-order valence-electron chi connectivity index (χ3n) is 5.09. The van der Waals surface area contributed by atoms with Crippen molar-refractivity contribution in [1.29, 1.82) is 0 Å². The van der Waals surface area contributed by atoms with Gasteiger partial charge < -0.3 is 9.80 Å². The topological polar surface area (TPSA) is 23.6 Å². The Labute approximate surface area is 138 Å². The summed E-state index contributed by atoms with van der Waals surface area (Å²) in [5, 5.41) is 1.03. The van der Waals surface area contributed by atoms with Crippen LogP contribution in [-0.2, 0) is 4.79 Å². The maximum absolute atomic E-state index is 13.2. The predicted molar refractivity (Wildman–Crippen MR) is 91.8 cm³/mol. The van der Waals surface area contributed by atoms with Gasteiger partial charge in [0, 0.05) is 36.9 Å². The molecule has 0 N–H and O–H groups in total. The molecule has 2 aliphatic rings. The summed E-state index contributed by atoms with van der Waals surface area (Å²) in [6.45, 7) is 9.66. The van der Waals surface area contributed by atoms with Gasteiger partial charge in [-0.25, -0.2) is 0 Å². The van der Waals surface area contributed by atoms with Crippen molar-refractivity contribution in [2.75, 3.05) is 38.1 Å². The first kappa shape index (κ1) is 17.3. The van der Waals surface area contributed by atoms with E-state index < -0.39 is 0 Å². The fourth-order valence-corrected chi connectivity index (χ4v) is 4.69. The van der Waals surface area contributed by atoms with Crippen LogP contribution in [0.15, 0.2) is 0 Å². The summed E-state index contributed by atoms with van der Waals surface area (Å²) >= 11 is 3.52. The summed E-state index contributed by atoms with van der Waals surface area (Å²) in [4.78, 5) is 17.8. The molecule has 1 saturated heterocycles. The van der Waals surface area contributed by atoms with Crippen LogP contribution in [0.1, 0.15) is 52.4 Å². The van der Waals surface area contributed by atoms with Crippen molar-refractivity contribution in [2.24, 2.45) is 11.3 Å². The Morgan fingerprint density at radius 3 is 2.43 bits per heavy atom. The molecule has 21 heavy (non-hydrogen) atoms. The molecule has 0 aromatic heterocycles. The van der Waals surface area contributed by atoms with Crippen molar-refractivity contribution >= 4 is 21.8 Å². The second-order valence-electron chi connectivity index (χ2n) is 7.26. The minimum atomic E-state index is -0.0290. The van der Waals surface area contributed by atoms with Gasteiger partial charge in [0.05, 0.1) is 0 Å². The van der Waals surface area contributed by atoms with Gasteiger partial charge in [-0.2, -0.15) is 0 Å². The van der Waals surface area contributed by atoms with E-state index in [0.29, 0.717) is 11.8 Å². The predicted octanol–water partition coefficient (Wildman–Crippen LogP) is 3.52. The normalized spacial score (nSPS) is 23.5. The second kappa shape index (κ2) is 7.96. The lowest BCUT2D eigenvalue weighted by Gasteiger charge is -2.35. The lowest BCUT2D eigenvalue weighted by molar-refractivity contribution is -0.142. The maximum Gasteiger partial charge on any atom is 0.228 e. The number of carbonyl (C=O) groups excluding carboxylic acids is 1. The fourth-order valence-electron chi connectivity index (χ4n) is 4.19. The fraction of sp³-hybridized carbons (Fsp3) is 0.941. The number of alkyl halides is 1. The Hall–Kier alpha value is -0.0900. The Morgan fingerprint density at radius 1 is 1.10 bits per heavy atom. The molecule has 1 aliphatic heterocycles. The smallest absolute Gasteiger partial charge is 0.228 e. The Balaban J connectivity index is 2.00. The Kier molecular flexibility index (Phi) is 6.54. The first-order chi connectivity index (χ1) is 10.1. The molecule has 122 valence electrons. The minimum absolute atomic E-state index is 0.0290. The van der Waals surface area contributed by atoms with Crippen LogP contribution in [0.5, 0.6) is 0 Å². The summed E-state index contributed by atoms with van der Waals surface area (Å²) in [5.41, 5.74) is -0.0290. The zero-order valence-electron chi connectivity index (χ0n) is 13.7. The average Bonchev–Trinajstić information content (AvgIpc) is 2.78. The van der Waals surface area contributed by atoms with E-state index in [0.717, 1.165) is 63.7 Å². The van der Waals surface area contributed by atoms with Crippen LogP contribution < -0.4 is 0 Å². The van der Waals surface area contributed by atoms with E-state index in [1.807, 2.05) is 0 Å². The highest BCUT2D eigenvalue weighted by atomic mass is 79.9. The van der Waals surface area contributed by atoms with E-state index in [1.165, 1.54) is 12.8 Å². The van der Waals surface area contributed by atoms with E-state index in [-0.39, 0.29) is 5.41 Å². The Bertz CT molecular complexity index is 340. The first-order valence-corrected chi connectivity index (χ1v) is 9.77. The van der Waals surface area contributed by atoms with Crippen LogP contribution >= 0.6 is 15.9 Å². The largest absolute Gasteiger partial charge is 0.341 e. The molecule has 1 aliphatic carbocycles. The number of hydrogen-bond acceptors (Lipinski definition) is 2. The quantitative estimate of drug-likeness (QED) is 0.702. The highest BCUT2D eigenvalue weighted by Crippen LogP contribution is 2.44. The van der Waals surface area contributed by atoms with Gasteiger partial charge >= 0.3 is 0 Å². The SMILES string of the molecule is CC(C)CC1(C(=O)N2CCCN(CCBr)CC2)CCCC1. The standard InChI is InChI=1S/C17H31BrN2O/c1-15(2)14-17(6-3-4-7-17)16(21)20-10-5-9-19(11-8-18)12-13-20/h15H,3-14H2,1-2H3. The zero-order chi connectivity index (χ0) is 15.3. The molecule has 2 fully saturated rings. The first-order valence-electron chi connectivity index (χ1n) is 8.65. The number of amides is 1. The average molecular weight is 359 g/mol. The van der Waals surface area contributed by atoms with Crippen LogP contribution in [0.3, 0.4) is 0 Å². The van der Waals surface area contributed by atoms with Crippen molar-refractivity contribution < 1.29 is 4.79 Å². The monoisotopic (exact) mass is 358 g/mol. The number of rotatable bonds is 5. The van der Waals surface area contributed by atoms with Gasteiger partial charge in [-0.1, -0.05) is 42.6 Å². The molecule has 1 amide bonds. The lowest BCUT2D eigenvalue weighted by Crippen LogP contribution is -2.45. The van der Waals surface area contributed by atoms with E-state index in [4.69, 9.17) is 0 Å². The molecule has 0 aromatic carbocycles. The summed E-state index contributed by atoms with van der Waals surface area (Å²) in [6.07, 6.45) is 6.91. The molecule has 0 aromatic rings. The van der Waals surface area contributed by atoms with E-state index >= 15 is 0 Å². The van der Waals surface area contributed by atoms with Gasteiger partial charge in [-0.15, -0.1) is 0 Å². The van der Waals surface area contributed by atoms with Gasteiger partial charge in [-0.3, -0.25) is 4.79 Å². The highest BCUT2D eigenvalue weighted by molar-refractivity contribution is 9.09. The summed E-state index contributed by atoms with van der Waals surface area (Å²) in [6, 6.07) is 0. The molecular formula is C17H31BrN2O. The van der Waals surface area contributed by atoms with Crippen molar-refractivity contribution in [3.8, 4) is 0 Å². The van der Waals surface area contributed by atoms with Gasteiger partial charge in [0.1, 0.15) is 0 Å². The van der Waals surface area contributed by atoms with Crippen LogP contribution in [0, 0.1) is 11.3 Å². The third kappa shape index (κ3) is 4.44. The summed E-state index contributed by atoms with van der Waals surface area (Å²) in [5.74, 6) is 1.08. The van der Waals surface area contributed by atoms with E-state index in [1.54, 1.807) is 0 Å². The molecule has 1 heterocycles. The third-order valence-corrected chi connectivity index (χ3v) is 5.44. The van der Waals surface area contributed by atoms with Gasteiger partial charge in [0.2, 0.25) is 5.91 Å². The number of hydrogen-bond donors (Lipinski definition) is 0. The second-order valence-corrected chi connectivity index (χ2v) is 8.05. The van der Waals surface area contributed by atoms with E-state index in [9.17, 15) is 4.79 Å². The molecule has 0 spiro atoms. The number of nitrogens with zero attached hydrogens (tertiary/aromatic N) is 2. The molecule has 3 nitrogen and oxygen atoms in total. The van der Waals surface area contributed by atoms with Crippen LogP contribution in [0.2, 0.25) is 0 Å². The van der Waals surface area contributed by atoms with Gasteiger partial charge in [-0.05, 0) is 38.1 Å². The molecular weight excluding hydrogens is 328 g/mol. The molecule has 0 radical (unpaired) electrons. The molecule has 0 bridgehead atoms. The van der Waals surface area contributed by atoms with Crippen molar-refractivity contribution in [3.63, 3.8) is 0 Å². The van der Waals surface area contributed by atoms with Crippen molar-refractivity contribution in [1.82, 2.24) is 9.80 Å². The molecule has 2 rings (SSSR count). The summed E-state index contributed by atoms with van der Waals surface area (Å²) in [7, 11) is 0. The summed E-state index contributed by atoms with van der Waals surface area (Å²) < 4.78 is 0. The Morgan fingerprint density at radius 2 is 1.81 bits per heavy atom. The van der Waals surface area contributed by atoms with Crippen LogP contribution in [-0.4, -0.2) is 53.8 Å². The molecule has 0 atom stereocenters. The van der Waals surface area contributed by atoms with E-state index in [2.05, 4.69) is 39.6 Å². The van der Waals surface area contributed by atoms with Crippen LogP contribution in [0.4, 0.5) is 0 Å². The minimum Gasteiger partial charge on any atom is -0.341 e. The lowest BCUT2D eigenvalue weighted by atomic mass is 9.77. The highest BCUT2D eigenvalue weighted by Gasteiger charge is 2.43. The zero-order valence-corrected chi connectivity index (χ0v) is 15.3. The van der Waals surface area contributed by atoms with Gasteiger partial charge in [0.15, 0.2) is 0 Å². The molecule has 0 unspecified atom stereocenters. The number of carbonyl (C=O) groups is 1. The molecule has 4 heteroatoms. The number of halogens is 1. The molecule has 1 saturated carbocycles. The van der Waals surface area contributed by atoms with Crippen molar-refractivity contribution in [2.45, 2.75) is 52.4 Å². The van der Waals surface area contributed by atoms with Gasteiger partial charge in [0.25, 0.3) is 0 Å². The van der Waals surface area contributed by atoms with Crippen LogP contribution in [0.25, 0.3) is 0 Å².